The van der Waals surface area contributed by atoms with Crippen LogP contribution in [-0.2, 0) is 20.0 Å². The van der Waals surface area contributed by atoms with Crippen LogP contribution in [0.2, 0.25) is 0 Å². The van der Waals surface area contributed by atoms with Gasteiger partial charge in [0, 0.05) is 57.4 Å². The van der Waals surface area contributed by atoms with E-state index in [0.29, 0.717) is 25.9 Å². The summed E-state index contributed by atoms with van der Waals surface area (Å²) < 4.78 is 51.3. The lowest BCUT2D eigenvalue weighted by Crippen LogP contribution is -2.55. The van der Waals surface area contributed by atoms with Gasteiger partial charge >= 0.3 is 6.03 Å². The van der Waals surface area contributed by atoms with Crippen molar-refractivity contribution < 1.29 is 26.6 Å². The van der Waals surface area contributed by atoms with E-state index in [4.69, 9.17) is 0 Å². The van der Waals surface area contributed by atoms with Crippen LogP contribution in [0.4, 0.5) is 10.5 Å². The topological polar surface area (TPSA) is 150 Å². The van der Waals surface area contributed by atoms with Crippen LogP contribution in [-0.4, -0.2) is 92.9 Å². The van der Waals surface area contributed by atoms with Crippen molar-refractivity contribution in [1.29, 1.82) is 0 Å². The zero-order valence-electron chi connectivity index (χ0n) is 17.0. The van der Waals surface area contributed by atoms with Crippen molar-refractivity contribution in [3.63, 3.8) is 0 Å². The Bertz CT molecular complexity index is 1040. The smallest absolute Gasteiger partial charge is 0.317 e. The lowest BCUT2D eigenvalue weighted by Gasteiger charge is -2.36. The maximum Gasteiger partial charge on any atom is 0.317 e. The summed E-state index contributed by atoms with van der Waals surface area (Å²) in [5.41, 5.74) is -0.305. The van der Waals surface area contributed by atoms with Crippen LogP contribution in [0.15, 0.2) is 29.2 Å². The molecule has 1 N–H and O–H groups in total. The Kier molecular flexibility index (Phi) is 6.83. The Morgan fingerprint density at radius 2 is 1.65 bits per heavy atom. The minimum Gasteiger partial charge on any atom is -0.335 e. The molecule has 3 rings (SSSR count). The SMILES string of the molecule is CS(=O)(=O)N1CCC(NC(=O)N2CCN(S(=O)(=O)c3cccc([N+](=O)[O-])c3)CC2)CC1. The van der Waals surface area contributed by atoms with E-state index in [0.717, 1.165) is 12.3 Å². The average molecular weight is 476 g/mol. The third-order valence-electron chi connectivity index (χ3n) is 5.44. The van der Waals surface area contributed by atoms with Gasteiger partial charge < -0.3 is 10.2 Å². The van der Waals surface area contributed by atoms with Gasteiger partial charge in [-0.1, -0.05) is 6.07 Å². The number of nitro groups is 1. The molecule has 2 fully saturated rings. The Labute approximate surface area is 181 Å². The standard InChI is InChI=1S/C17H25N5O7S2/c1-30(26,27)20-7-5-14(6-8-20)18-17(23)19-9-11-21(12-10-19)31(28,29)16-4-2-3-15(13-16)22(24)25/h2-4,13-14H,5-12H2,1H3,(H,18,23). The number of nitro benzene ring substituents is 1. The van der Waals surface area contributed by atoms with Crippen LogP contribution in [0.1, 0.15) is 12.8 Å². The highest BCUT2D eigenvalue weighted by Gasteiger charge is 2.32. The van der Waals surface area contributed by atoms with E-state index < -0.39 is 25.0 Å². The molecule has 12 nitrogen and oxygen atoms in total. The summed E-state index contributed by atoms with van der Waals surface area (Å²) in [5.74, 6) is 0. The molecule has 2 aliphatic heterocycles. The van der Waals surface area contributed by atoms with Crippen molar-refractivity contribution in [1.82, 2.24) is 18.8 Å². The van der Waals surface area contributed by atoms with Crippen molar-refractivity contribution in [2.24, 2.45) is 0 Å². The molecule has 0 atom stereocenters. The van der Waals surface area contributed by atoms with Crippen molar-refractivity contribution in [3.8, 4) is 0 Å². The van der Waals surface area contributed by atoms with Gasteiger partial charge in [0.2, 0.25) is 20.0 Å². The molecule has 0 bridgehead atoms. The number of sulfonamides is 2. The van der Waals surface area contributed by atoms with Gasteiger partial charge in [0.05, 0.1) is 16.1 Å². The molecular formula is C17H25N5O7S2. The molecule has 31 heavy (non-hydrogen) atoms. The van der Waals surface area contributed by atoms with Gasteiger partial charge in [0.25, 0.3) is 5.69 Å². The Morgan fingerprint density at radius 1 is 1.03 bits per heavy atom. The fraction of sp³-hybridized carbons (Fsp3) is 0.588. The van der Waals surface area contributed by atoms with Crippen LogP contribution < -0.4 is 5.32 Å². The first kappa shape index (κ1) is 23.4. The average Bonchev–Trinajstić information content (AvgIpc) is 2.73. The Balaban J connectivity index is 1.54. The molecule has 0 spiro atoms. The maximum absolute atomic E-state index is 12.8. The molecule has 2 amide bonds. The van der Waals surface area contributed by atoms with Crippen LogP contribution in [0.3, 0.4) is 0 Å². The number of hydrogen-bond acceptors (Lipinski definition) is 7. The molecule has 0 radical (unpaired) electrons. The molecule has 2 saturated heterocycles. The number of benzene rings is 1. The second kappa shape index (κ2) is 9.06. The molecule has 0 saturated carbocycles. The van der Waals surface area contributed by atoms with Gasteiger partial charge in [-0.15, -0.1) is 0 Å². The number of non-ortho nitro benzene ring substituents is 1. The first-order valence-corrected chi connectivity index (χ1v) is 13.0. The number of urea groups is 1. The summed E-state index contributed by atoms with van der Waals surface area (Å²) in [5, 5.41) is 13.8. The van der Waals surface area contributed by atoms with Crippen molar-refractivity contribution in [2.45, 2.75) is 23.8 Å². The third kappa shape index (κ3) is 5.50. The van der Waals surface area contributed by atoms with Crippen molar-refractivity contribution in [3.05, 3.63) is 34.4 Å². The number of amides is 2. The number of hydrogen-bond donors (Lipinski definition) is 1. The van der Waals surface area contributed by atoms with Gasteiger partial charge in [-0.2, -0.15) is 4.31 Å². The zero-order chi connectivity index (χ0) is 22.8. The third-order valence-corrected chi connectivity index (χ3v) is 8.64. The fourth-order valence-corrected chi connectivity index (χ4v) is 5.97. The van der Waals surface area contributed by atoms with E-state index in [2.05, 4.69) is 5.32 Å². The molecule has 1 aromatic rings. The van der Waals surface area contributed by atoms with E-state index in [-0.39, 0.29) is 48.8 Å². The molecule has 2 heterocycles. The predicted octanol–water partition coefficient (Wildman–Crippen LogP) is 0.0347. The number of nitrogens with one attached hydrogen (secondary N) is 1. The minimum absolute atomic E-state index is 0.0744. The summed E-state index contributed by atoms with van der Waals surface area (Å²) in [6.45, 7) is 1.21. The summed E-state index contributed by atoms with van der Waals surface area (Å²) in [4.78, 5) is 24.2. The van der Waals surface area contributed by atoms with Gasteiger partial charge in [-0.25, -0.2) is 25.9 Å². The maximum atomic E-state index is 12.8. The molecule has 2 aliphatic rings. The highest BCUT2D eigenvalue weighted by molar-refractivity contribution is 7.89. The quantitative estimate of drug-likeness (QED) is 0.466. The van der Waals surface area contributed by atoms with Gasteiger partial charge in [0.15, 0.2) is 0 Å². The molecule has 172 valence electrons. The number of carbonyl (C=O) groups is 1. The van der Waals surface area contributed by atoms with Gasteiger partial charge in [-0.3, -0.25) is 10.1 Å². The van der Waals surface area contributed by atoms with Crippen LogP contribution in [0, 0.1) is 10.1 Å². The van der Waals surface area contributed by atoms with E-state index in [9.17, 15) is 31.7 Å². The minimum atomic E-state index is -3.91. The van der Waals surface area contributed by atoms with Crippen molar-refractivity contribution >= 4 is 31.8 Å². The highest BCUT2D eigenvalue weighted by atomic mass is 32.2. The lowest BCUT2D eigenvalue weighted by atomic mass is 10.1. The van der Waals surface area contributed by atoms with E-state index in [1.807, 2.05) is 0 Å². The number of carbonyl (C=O) groups excluding carboxylic acids is 1. The molecule has 0 aliphatic carbocycles. The summed E-state index contributed by atoms with van der Waals surface area (Å²) in [7, 11) is -7.14. The summed E-state index contributed by atoms with van der Waals surface area (Å²) >= 11 is 0. The van der Waals surface area contributed by atoms with E-state index in [1.54, 1.807) is 0 Å². The number of piperidine rings is 1. The van der Waals surface area contributed by atoms with Crippen LogP contribution in [0.25, 0.3) is 0 Å². The second-order valence-corrected chi connectivity index (χ2v) is 11.5. The molecular weight excluding hydrogens is 450 g/mol. The zero-order valence-corrected chi connectivity index (χ0v) is 18.6. The molecule has 14 heteroatoms. The Morgan fingerprint density at radius 3 is 2.19 bits per heavy atom. The number of nitrogens with zero attached hydrogens (tertiary/aromatic N) is 4. The van der Waals surface area contributed by atoms with Crippen LogP contribution in [0.5, 0.6) is 0 Å². The van der Waals surface area contributed by atoms with E-state index in [1.165, 1.54) is 31.7 Å². The first-order valence-electron chi connectivity index (χ1n) is 9.73. The normalized spacial score (nSPS) is 19.8. The van der Waals surface area contributed by atoms with Gasteiger partial charge in [0.1, 0.15) is 0 Å². The lowest BCUT2D eigenvalue weighted by molar-refractivity contribution is -0.385. The fourth-order valence-electron chi connectivity index (χ4n) is 3.64. The van der Waals surface area contributed by atoms with Crippen molar-refractivity contribution in [2.75, 3.05) is 45.5 Å². The van der Waals surface area contributed by atoms with E-state index >= 15 is 0 Å². The number of piperazine rings is 1. The Hall–Kier alpha value is -2.29. The molecule has 0 unspecified atom stereocenters. The number of rotatable bonds is 5. The summed E-state index contributed by atoms with van der Waals surface area (Å²) in [6.07, 6.45) is 2.19. The van der Waals surface area contributed by atoms with Gasteiger partial charge in [-0.05, 0) is 18.9 Å². The predicted molar refractivity (Wildman–Crippen MR) is 111 cm³/mol. The van der Waals surface area contributed by atoms with Crippen LogP contribution >= 0.6 is 0 Å². The highest BCUT2D eigenvalue weighted by Crippen LogP contribution is 2.22. The second-order valence-electron chi connectivity index (χ2n) is 7.53. The molecule has 1 aromatic carbocycles. The summed E-state index contributed by atoms with van der Waals surface area (Å²) in [6, 6.07) is 4.43. The monoisotopic (exact) mass is 475 g/mol. The first-order chi connectivity index (χ1) is 14.5. The molecule has 0 aromatic heterocycles. The largest absolute Gasteiger partial charge is 0.335 e.